The zero-order valence-corrected chi connectivity index (χ0v) is 13.7. The molecule has 0 aliphatic heterocycles. The standard InChI is InChI=1S/C20H23Cl/c1-3-14(4-2)19-11-10-18(21)13-20(19)17-7-5-6-16(12-17)15-8-9-15/h5-7,10-15H,3-4,8-9H2,1-2H3. The van der Waals surface area contributed by atoms with Gasteiger partial charge in [-0.3, -0.25) is 0 Å². The molecule has 0 heterocycles. The molecule has 0 aromatic heterocycles. The molecule has 1 heteroatoms. The monoisotopic (exact) mass is 298 g/mol. The summed E-state index contributed by atoms with van der Waals surface area (Å²) in [5.74, 6) is 1.41. The van der Waals surface area contributed by atoms with E-state index in [-0.39, 0.29) is 0 Å². The molecule has 0 unspecified atom stereocenters. The number of benzene rings is 2. The molecule has 0 nitrogen and oxygen atoms in total. The molecule has 0 N–H and O–H groups in total. The molecule has 2 aromatic carbocycles. The molecule has 110 valence electrons. The summed E-state index contributed by atoms with van der Waals surface area (Å²) in [4.78, 5) is 0. The van der Waals surface area contributed by atoms with Crippen molar-refractivity contribution in [1.82, 2.24) is 0 Å². The van der Waals surface area contributed by atoms with E-state index >= 15 is 0 Å². The lowest BCUT2D eigenvalue weighted by atomic mass is 9.87. The molecule has 1 fully saturated rings. The highest BCUT2D eigenvalue weighted by molar-refractivity contribution is 6.30. The Morgan fingerprint density at radius 3 is 2.48 bits per heavy atom. The average Bonchev–Trinajstić information content (AvgIpc) is 3.35. The fraction of sp³-hybridized carbons (Fsp3) is 0.400. The molecule has 0 saturated heterocycles. The van der Waals surface area contributed by atoms with Crippen molar-refractivity contribution < 1.29 is 0 Å². The minimum absolute atomic E-state index is 0.613. The molecule has 1 aliphatic rings. The van der Waals surface area contributed by atoms with Gasteiger partial charge in [0.2, 0.25) is 0 Å². The van der Waals surface area contributed by atoms with E-state index < -0.39 is 0 Å². The Hall–Kier alpha value is -1.27. The zero-order chi connectivity index (χ0) is 14.8. The van der Waals surface area contributed by atoms with Crippen LogP contribution in [0.15, 0.2) is 42.5 Å². The van der Waals surface area contributed by atoms with Crippen LogP contribution in [0.3, 0.4) is 0 Å². The van der Waals surface area contributed by atoms with Crippen LogP contribution in [-0.2, 0) is 0 Å². The third kappa shape index (κ3) is 3.16. The van der Waals surface area contributed by atoms with Gasteiger partial charge in [-0.15, -0.1) is 0 Å². The topological polar surface area (TPSA) is 0 Å². The lowest BCUT2D eigenvalue weighted by molar-refractivity contribution is 0.643. The van der Waals surface area contributed by atoms with Gasteiger partial charge in [-0.25, -0.2) is 0 Å². The Labute approximate surface area is 133 Å². The smallest absolute Gasteiger partial charge is 0.0412 e. The fourth-order valence-electron chi connectivity index (χ4n) is 3.24. The van der Waals surface area contributed by atoms with Gasteiger partial charge in [-0.2, -0.15) is 0 Å². The summed E-state index contributed by atoms with van der Waals surface area (Å²) in [5, 5.41) is 0.830. The van der Waals surface area contributed by atoms with E-state index in [9.17, 15) is 0 Å². The van der Waals surface area contributed by atoms with Crippen LogP contribution in [0.2, 0.25) is 5.02 Å². The molecular weight excluding hydrogens is 276 g/mol. The molecule has 21 heavy (non-hydrogen) atoms. The largest absolute Gasteiger partial charge is 0.0843 e. The lowest BCUT2D eigenvalue weighted by Crippen LogP contribution is -1.99. The van der Waals surface area contributed by atoms with E-state index in [1.807, 2.05) is 6.07 Å². The highest BCUT2D eigenvalue weighted by atomic mass is 35.5. The first-order chi connectivity index (χ1) is 10.2. The van der Waals surface area contributed by atoms with Gasteiger partial charge in [0.1, 0.15) is 0 Å². The first-order valence-corrected chi connectivity index (χ1v) is 8.50. The third-order valence-corrected chi connectivity index (χ3v) is 4.92. The summed E-state index contributed by atoms with van der Waals surface area (Å²) in [6, 6.07) is 15.4. The Bertz CT molecular complexity index is 621. The average molecular weight is 299 g/mol. The van der Waals surface area contributed by atoms with Crippen LogP contribution in [0, 0.1) is 0 Å². The maximum Gasteiger partial charge on any atom is 0.0412 e. The zero-order valence-electron chi connectivity index (χ0n) is 12.9. The lowest BCUT2D eigenvalue weighted by Gasteiger charge is -2.18. The van der Waals surface area contributed by atoms with Crippen LogP contribution >= 0.6 is 11.6 Å². The van der Waals surface area contributed by atoms with Gasteiger partial charge in [0.05, 0.1) is 0 Å². The summed E-state index contributed by atoms with van der Waals surface area (Å²) in [5.41, 5.74) is 5.57. The fourth-order valence-corrected chi connectivity index (χ4v) is 3.41. The Morgan fingerprint density at radius 1 is 1.05 bits per heavy atom. The Morgan fingerprint density at radius 2 is 1.81 bits per heavy atom. The Kier molecular flexibility index (Phi) is 4.35. The molecule has 2 aromatic rings. The van der Waals surface area contributed by atoms with Crippen LogP contribution in [0.5, 0.6) is 0 Å². The molecular formula is C20H23Cl. The van der Waals surface area contributed by atoms with E-state index in [1.165, 1.54) is 47.9 Å². The second-order valence-electron chi connectivity index (χ2n) is 6.14. The normalized spacial score (nSPS) is 14.7. The SMILES string of the molecule is CCC(CC)c1ccc(Cl)cc1-c1cccc(C2CC2)c1. The van der Waals surface area contributed by atoms with Crippen molar-refractivity contribution in [2.75, 3.05) is 0 Å². The minimum Gasteiger partial charge on any atom is -0.0843 e. The first kappa shape index (κ1) is 14.7. The highest BCUT2D eigenvalue weighted by Crippen LogP contribution is 2.42. The summed E-state index contributed by atoms with van der Waals surface area (Å²) in [6.45, 7) is 4.54. The van der Waals surface area contributed by atoms with Gasteiger partial charge in [0.25, 0.3) is 0 Å². The maximum atomic E-state index is 6.27. The van der Waals surface area contributed by atoms with Crippen molar-refractivity contribution >= 4 is 11.6 Å². The Balaban J connectivity index is 2.07. The van der Waals surface area contributed by atoms with E-state index in [0.29, 0.717) is 5.92 Å². The molecule has 0 amide bonds. The van der Waals surface area contributed by atoms with E-state index in [0.717, 1.165) is 10.9 Å². The number of rotatable bonds is 5. The van der Waals surface area contributed by atoms with Crippen LogP contribution in [-0.4, -0.2) is 0 Å². The van der Waals surface area contributed by atoms with Crippen LogP contribution in [0.25, 0.3) is 11.1 Å². The first-order valence-electron chi connectivity index (χ1n) is 8.12. The van der Waals surface area contributed by atoms with E-state index in [2.05, 4.69) is 50.2 Å². The maximum absolute atomic E-state index is 6.27. The van der Waals surface area contributed by atoms with Gasteiger partial charge in [-0.1, -0.05) is 55.8 Å². The van der Waals surface area contributed by atoms with Gasteiger partial charge in [0, 0.05) is 5.02 Å². The summed E-state index contributed by atoms with van der Waals surface area (Å²) < 4.78 is 0. The predicted molar refractivity (Wildman–Crippen MR) is 92.2 cm³/mol. The van der Waals surface area contributed by atoms with Gasteiger partial charge in [0.15, 0.2) is 0 Å². The van der Waals surface area contributed by atoms with Gasteiger partial charge < -0.3 is 0 Å². The van der Waals surface area contributed by atoms with Crippen molar-refractivity contribution in [3.63, 3.8) is 0 Å². The van der Waals surface area contributed by atoms with Crippen molar-refractivity contribution in [3.05, 3.63) is 58.6 Å². The quantitative estimate of drug-likeness (QED) is 0.570. The summed E-state index contributed by atoms with van der Waals surface area (Å²) in [7, 11) is 0. The highest BCUT2D eigenvalue weighted by Gasteiger charge is 2.24. The summed E-state index contributed by atoms with van der Waals surface area (Å²) >= 11 is 6.27. The number of halogens is 1. The molecule has 3 rings (SSSR count). The van der Waals surface area contributed by atoms with Crippen LogP contribution < -0.4 is 0 Å². The van der Waals surface area contributed by atoms with E-state index in [4.69, 9.17) is 11.6 Å². The minimum atomic E-state index is 0.613. The van der Waals surface area contributed by atoms with Crippen molar-refractivity contribution in [2.45, 2.75) is 51.4 Å². The van der Waals surface area contributed by atoms with E-state index in [1.54, 1.807) is 0 Å². The molecule has 1 saturated carbocycles. The van der Waals surface area contributed by atoms with Crippen molar-refractivity contribution in [2.24, 2.45) is 0 Å². The summed E-state index contributed by atoms with van der Waals surface area (Å²) in [6.07, 6.45) is 5.04. The molecule has 0 atom stereocenters. The molecule has 1 aliphatic carbocycles. The predicted octanol–water partition coefficient (Wildman–Crippen LogP) is 6.79. The third-order valence-electron chi connectivity index (χ3n) is 4.69. The number of hydrogen-bond acceptors (Lipinski definition) is 0. The second kappa shape index (κ2) is 6.23. The van der Waals surface area contributed by atoms with Crippen molar-refractivity contribution in [1.29, 1.82) is 0 Å². The van der Waals surface area contributed by atoms with Gasteiger partial charge >= 0.3 is 0 Å². The van der Waals surface area contributed by atoms with Crippen molar-refractivity contribution in [3.8, 4) is 11.1 Å². The molecule has 0 radical (unpaired) electrons. The van der Waals surface area contributed by atoms with Crippen LogP contribution in [0.4, 0.5) is 0 Å². The molecule has 0 spiro atoms. The van der Waals surface area contributed by atoms with Crippen LogP contribution in [0.1, 0.15) is 62.5 Å². The number of hydrogen-bond donors (Lipinski definition) is 0. The molecule has 0 bridgehead atoms. The van der Waals surface area contributed by atoms with Gasteiger partial charge in [-0.05, 0) is 71.9 Å². The second-order valence-corrected chi connectivity index (χ2v) is 6.58.